The third kappa shape index (κ3) is 6.86. The van der Waals surface area contributed by atoms with Crippen LogP contribution >= 0.6 is 0 Å². The first kappa shape index (κ1) is 9.97. The Kier molecular flexibility index (Phi) is 6.42. The van der Waals surface area contributed by atoms with Gasteiger partial charge in [0.1, 0.15) is 6.10 Å². The molecule has 1 atom stereocenters. The molecule has 3 nitrogen and oxygen atoms in total. The van der Waals surface area contributed by atoms with Gasteiger partial charge in [0.05, 0.1) is 12.7 Å². The minimum Gasteiger partial charge on any atom is -0.393 e. The Morgan fingerprint density at radius 2 is 2.09 bits per heavy atom. The lowest BCUT2D eigenvalue weighted by Gasteiger charge is -1.92. The number of aliphatic hydroxyl groups excluding tert-OH is 2. The highest BCUT2D eigenvalue weighted by molar-refractivity contribution is 5.04. The Labute approximate surface area is 66.3 Å². The molecule has 0 unspecified atom stereocenters. The molecule has 60 valence electrons. The van der Waals surface area contributed by atoms with Crippen LogP contribution in [-0.4, -0.2) is 22.9 Å². The van der Waals surface area contributed by atoms with Crippen molar-refractivity contribution < 1.29 is 10.2 Å². The summed E-state index contributed by atoms with van der Waals surface area (Å²) in [6.45, 7) is -0.328. The molecule has 0 aromatic heterocycles. The van der Waals surface area contributed by atoms with Gasteiger partial charge < -0.3 is 10.2 Å². The number of nitriles is 1. The number of hydrogen-bond donors (Lipinski definition) is 2. The van der Waals surface area contributed by atoms with Gasteiger partial charge in [-0.1, -0.05) is 5.92 Å². The van der Waals surface area contributed by atoms with Crippen molar-refractivity contribution in [3.8, 4) is 17.9 Å². The SMILES string of the molecule is N#CCCCC#C[C@H](O)CO. The van der Waals surface area contributed by atoms with Gasteiger partial charge in [-0.05, 0) is 6.42 Å². The van der Waals surface area contributed by atoms with E-state index in [1.54, 1.807) is 0 Å². The third-order valence-corrected chi connectivity index (χ3v) is 1.03. The first-order chi connectivity index (χ1) is 5.31. The van der Waals surface area contributed by atoms with Crippen molar-refractivity contribution in [2.75, 3.05) is 6.61 Å². The average Bonchev–Trinajstić information content (AvgIpc) is 2.04. The predicted molar refractivity (Wildman–Crippen MR) is 40.3 cm³/mol. The summed E-state index contributed by atoms with van der Waals surface area (Å²) in [5, 5.41) is 25.2. The van der Waals surface area contributed by atoms with Crippen molar-refractivity contribution in [1.82, 2.24) is 0 Å². The molecule has 0 heterocycles. The van der Waals surface area contributed by atoms with Crippen LogP contribution in [0, 0.1) is 23.2 Å². The van der Waals surface area contributed by atoms with Crippen molar-refractivity contribution >= 4 is 0 Å². The number of nitrogens with zero attached hydrogens (tertiary/aromatic N) is 1. The normalized spacial score (nSPS) is 11.0. The van der Waals surface area contributed by atoms with Crippen molar-refractivity contribution in [3.63, 3.8) is 0 Å². The Morgan fingerprint density at radius 1 is 1.36 bits per heavy atom. The van der Waals surface area contributed by atoms with E-state index in [0.29, 0.717) is 12.8 Å². The number of hydrogen-bond acceptors (Lipinski definition) is 3. The highest BCUT2D eigenvalue weighted by Gasteiger charge is 1.91. The molecule has 0 amide bonds. The summed E-state index contributed by atoms with van der Waals surface area (Å²) in [6, 6.07) is 1.99. The molecule has 0 aliphatic carbocycles. The lowest BCUT2D eigenvalue weighted by molar-refractivity contribution is 0.138. The number of unbranched alkanes of at least 4 members (excludes halogenated alkanes) is 2. The summed E-state index contributed by atoms with van der Waals surface area (Å²) in [5.74, 6) is 5.10. The third-order valence-electron chi connectivity index (χ3n) is 1.03. The first-order valence-electron chi connectivity index (χ1n) is 3.45. The Morgan fingerprint density at radius 3 is 2.64 bits per heavy atom. The van der Waals surface area contributed by atoms with Crippen LogP contribution in [0.3, 0.4) is 0 Å². The minimum absolute atomic E-state index is 0.328. The van der Waals surface area contributed by atoms with Crippen LogP contribution in [0.2, 0.25) is 0 Å². The van der Waals surface area contributed by atoms with Gasteiger partial charge in [0, 0.05) is 12.8 Å². The van der Waals surface area contributed by atoms with Crippen molar-refractivity contribution in [2.24, 2.45) is 0 Å². The summed E-state index contributed by atoms with van der Waals surface area (Å²) >= 11 is 0. The number of aliphatic hydroxyl groups is 2. The summed E-state index contributed by atoms with van der Waals surface area (Å²) in [7, 11) is 0. The van der Waals surface area contributed by atoms with E-state index in [2.05, 4.69) is 11.8 Å². The van der Waals surface area contributed by atoms with Crippen molar-refractivity contribution in [2.45, 2.75) is 25.4 Å². The molecule has 0 saturated carbocycles. The number of rotatable bonds is 3. The van der Waals surface area contributed by atoms with Gasteiger partial charge in [0.25, 0.3) is 0 Å². The average molecular weight is 153 g/mol. The van der Waals surface area contributed by atoms with Gasteiger partial charge in [-0.2, -0.15) is 5.26 Å². The van der Waals surface area contributed by atoms with E-state index in [4.69, 9.17) is 15.5 Å². The van der Waals surface area contributed by atoms with Crippen LogP contribution in [0.5, 0.6) is 0 Å². The van der Waals surface area contributed by atoms with Gasteiger partial charge in [-0.3, -0.25) is 0 Å². The molecule has 0 spiro atoms. The van der Waals surface area contributed by atoms with Crippen LogP contribution in [0.25, 0.3) is 0 Å². The molecule has 0 aliphatic heterocycles. The summed E-state index contributed by atoms with van der Waals surface area (Å²) in [4.78, 5) is 0. The molecule has 0 aromatic rings. The van der Waals surface area contributed by atoms with Gasteiger partial charge in [-0.25, -0.2) is 0 Å². The predicted octanol–water partition coefficient (Wildman–Crippen LogP) is 0.0369. The quantitative estimate of drug-likeness (QED) is 0.444. The van der Waals surface area contributed by atoms with Gasteiger partial charge in [-0.15, -0.1) is 5.92 Å². The second-order valence-corrected chi connectivity index (χ2v) is 2.03. The largest absolute Gasteiger partial charge is 0.393 e. The Hall–Kier alpha value is -1.03. The molecular weight excluding hydrogens is 142 g/mol. The van der Waals surface area contributed by atoms with Gasteiger partial charge >= 0.3 is 0 Å². The lowest BCUT2D eigenvalue weighted by Crippen LogP contribution is -2.07. The van der Waals surface area contributed by atoms with Crippen molar-refractivity contribution in [3.05, 3.63) is 0 Å². The highest BCUT2D eigenvalue weighted by atomic mass is 16.3. The maximum absolute atomic E-state index is 8.73. The van der Waals surface area contributed by atoms with Crippen LogP contribution < -0.4 is 0 Å². The van der Waals surface area contributed by atoms with Crippen LogP contribution in [-0.2, 0) is 0 Å². The van der Waals surface area contributed by atoms with E-state index in [9.17, 15) is 0 Å². The molecular formula is C8H11NO2. The molecule has 2 N–H and O–H groups in total. The van der Waals surface area contributed by atoms with Gasteiger partial charge in [0.15, 0.2) is 0 Å². The molecule has 0 rings (SSSR count). The van der Waals surface area contributed by atoms with E-state index < -0.39 is 6.10 Å². The van der Waals surface area contributed by atoms with E-state index in [-0.39, 0.29) is 6.61 Å². The van der Waals surface area contributed by atoms with E-state index >= 15 is 0 Å². The fraction of sp³-hybridized carbons (Fsp3) is 0.625. The minimum atomic E-state index is -0.933. The smallest absolute Gasteiger partial charge is 0.137 e. The van der Waals surface area contributed by atoms with Crippen molar-refractivity contribution in [1.29, 1.82) is 5.26 Å². The second kappa shape index (κ2) is 7.08. The maximum atomic E-state index is 8.73. The maximum Gasteiger partial charge on any atom is 0.137 e. The van der Waals surface area contributed by atoms with E-state index in [0.717, 1.165) is 6.42 Å². The molecule has 0 aromatic carbocycles. The fourth-order valence-electron chi connectivity index (χ4n) is 0.491. The summed E-state index contributed by atoms with van der Waals surface area (Å²) < 4.78 is 0. The Bertz CT molecular complexity index is 184. The first-order valence-corrected chi connectivity index (χ1v) is 3.45. The zero-order valence-electron chi connectivity index (χ0n) is 6.25. The van der Waals surface area contributed by atoms with Crippen LogP contribution in [0.1, 0.15) is 19.3 Å². The lowest BCUT2D eigenvalue weighted by atomic mass is 10.2. The molecule has 0 radical (unpaired) electrons. The topological polar surface area (TPSA) is 64.2 Å². The summed E-state index contributed by atoms with van der Waals surface area (Å²) in [6.07, 6.45) is 0.882. The molecule has 0 bridgehead atoms. The molecule has 0 saturated heterocycles. The van der Waals surface area contributed by atoms with Gasteiger partial charge in [0.2, 0.25) is 0 Å². The summed E-state index contributed by atoms with van der Waals surface area (Å²) in [5.41, 5.74) is 0. The molecule has 0 aliphatic rings. The van der Waals surface area contributed by atoms with Crippen LogP contribution in [0.15, 0.2) is 0 Å². The van der Waals surface area contributed by atoms with E-state index in [1.807, 2.05) is 6.07 Å². The highest BCUT2D eigenvalue weighted by Crippen LogP contribution is 1.90. The second-order valence-electron chi connectivity index (χ2n) is 2.03. The zero-order valence-corrected chi connectivity index (χ0v) is 6.25. The molecule has 0 fully saturated rings. The Balaban J connectivity index is 3.34. The van der Waals surface area contributed by atoms with E-state index in [1.165, 1.54) is 0 Å². The fourth-order valence-corrected chi connectivity index (χ4v) is 0.491. The molecule has 3 heteroatoms. The van der Waals surface area contributed by atoms with Crippen LogP contribution in [0.4, 0.5) is 0 Å². The molecule has 11 heavy (non-hydrogen) atoms. The zero-order chi connectivity index (χ0) is 8.53. The monoisotopic (exact) mass is 153 g/mol. The standard InChI is InChI=1S/C8H11NO2/c9-6-4-2-1-3-5-8(11)7-10/h8,10-11H,1-2,4,7H2/t8-/m0/s1.